The summed E-state index contributed by atoms with van der Waals surface area (Å²) in [6, 6.07) is 0. The smallest absolute Gasteiger partial charge is 0.335 e. The van der Waals surface area contributed by atoms with Crippen LogP contribution in [0.25, 0.3) is 0 Å². The van der Waals surface area contributed by atoms with Crippen molar-refractivity contribution in [2.75, 3.05) is 19.8 Å². The van der Waals surface area contributed by atoms with Gasteiger partial charge in [-0.2, -0.15) is 0 Å². The van der Waals surface area contributed by atoms with Crippen LogP contribution in [-0.2, 0) is 23.7 Å². The molecule has 0 aliphatic carbocycles. The summed E-state index contributed by atoms with van der Waals surface area (Å²) in [6.45, 7) is -2.78. The first-order valence-corrected chi connectivity index (χ1v) is 10.5. The SMILES string of the molecule is O=C(O)C(O)[C@@H](O)[C@H](O[C@H]1OC(CO)[C@@H](O[C@H]2OC(CO)[C@@H](O)[C@H](O)C2O)[C@H](O)C1O)C(O)CO. The van der Waals surface area contributed by atoms with E-state index >= 15 is 0 Å². The summed E-state index contributed by atoms with van der Waals surface area (Å²) in [7, 11) is 0. The second kappa shape index (κ2) is 12.9. The van der Waals surface area contributed by atoms with E-state index in [4.69, 9.17) is 24.1 Å². The zero-order valence-corrected chi connectivity index (χ0v) is 18.1. The predicted molar refractivity (Wildman–Crippen MR) is 104 cm³/mol. The van der Waals surface area contributed by atoms with Crippen LogP contribution in [0.3, 0.4) is 0 Å². The monoisotopic (exact) mass is 520 g/mol. The number of aliphatic hydroxyl groups excluding tert-OH is 11. The molecular formula is C18H32O17. The van der Waals surface area contributed by atoms with Crippen molar-refractivity contribution >= 4 is 5.97 Å². The summed E-state index contributed by atoms with van der Waals surface area (Å²) < 4.78 is 20.9. The topological polar surface area (TPSA) is 297 Å². The first-order valence-electron chi connectivity index (χ1n) is 10.5. The molecule has 2 aliphatic rings. The third-order valence-corrected chi connectivity index (χ3v) is 5.73. The zero-order valence-electron chi connectivity index (χ0n) is 18.1. The van der Waals surface area contributed by atoms with E-state index in [1.807, 2.05) is 0 Å². The summed E-state index contributed by atoms with van der Waals surface area (Å²) in [4.78, 5) is 10.9. The van der Waals surface area contributed by atoms with Crippen LogP contribution in [-0.4, -0.2) is 173 Å². The Labute approximate surface area is 197 Å². The molecule has 0 saturated carbocycles. The van der Waals surface area contributed by atoms with Crippen molar-refractivity contribution in [1.82, 2.24) is 0 Å². The Bertz CT molecular complexity index is 663. The van der Waals surface area contributed by atoms with Gasteiger partial charge in [0.1, 0.15) is 67.1 Å². The Hall–Kier alpha value is -1.13. The molecule has 12 N–H and O–H groups in total. The molecule has 2 saturated heterocycles. The van der Waals surface area contributed by atoms with Gasteiger partial charge in [-0.05, 0) is 0 Å². The molecule has 2 fully saturated rings. The second-order valence-corrected chi connectivity index (χ2v) is 8.13. The van der Waals surface area contributed by atoms with E-state index in [1.54, 1.807) is 0 Å². The summed E-state index contributed by atoms with van der Waals surface area (Å²) >= 11 is 0. The fourth-order valence-electron chi connectivity index (χ4n) is 3.65. The molecule has 6 unspecified atom stereocenters. The highest BCUT2D eigenvalue weighted by Gasteiger charge is 2.52. The van der Waals surface area contributed by atoms with Crippen LogP contribution >= 0.6 is 0 Å². The third-order valence-electron chi connectivity index (χ3n) is 5.73. The van der Waals surface area contributed by atoms with Gasteiger partial charge >= 0.3 is 5.97 Å². The lowest BCUT2D eigenvalue weighted by molar-refractivity contribution is -0.367. The molecule has 17 nitrogen and oxygen atoms in total. The molecule has 0 aromatic heterocycles. The minimum absolute atomic E-state index is 0.782. The second-order valence-electron chi connectivity index (χ2n) is 8.13. The van der Waals surface area contributed by atoms with E-state index in [2.05, 4.69) is 0 Å². The number of ether oxygens (including phenoxy) is 4. The van der Waals surface area contributed by atoms with Crippen LogP contribution in [0.5, 0.6) is 0 Å². The fourth-order valence-corrected chi connectivity index (χ4v) is 3.65. The Morgan fingerprint density at radius 3 is 1.83 bits per heavy atom. The Morgan fingerprint density at radius 1 is 0.771 bits per heavy atom. The molecule has 2 rings (SSSR count). The van der Waals surface area contributed by atoms with Gasteiger partial charge in [-0.15, -0.1) is 0 Å². The van der Waals surface area contributed by atoms with Crippen molar-refractivity contribution in [3.05, 3.63) is 0 Å². The van der Waals surface area contributed by atoms with Gasteiger partial charge in [0, 0.05) is 0 Å². The van der Waals surface area contributed by atoms with Crippen LogP contribution in [0.15, 0.2) is 0 Å². The highest BCUT2D eigenvalue weighted by Crippen LogP contribution is 2.30. The maximum atomic E-state index is 10.9. The first-order chi connectivity index (χ1) is 16.4. The molecule has 0 spiro atoms. The van der Waals surface area contributed by atoms with E-state index < -0.39 is 112 Å². The van der Waals surface area contributed by atoms with Crippen molar-refractivity contribution in [2.45, 2.75) is 85.8 Å². The number of aliphatic carboxylic acids is 1. The molecule has 0 bridgehead atoms. The van der Waals surface area contributed by atoms with E-state index in [0.717, 1.165) is 0 Å². The van der Waals surface area contributed by atoms with Gasteiger partial charge in [0.25, 0.3) is 0 Å². The molecule has 0 aromatic carbocycles. The predicted octanol–water partition coefficient (Wildman–Crippen LogP) is -7.84. The summed E-state index contributed by atoms with van der Waals surface area (Å²) in [5.74, 6) is -1.90. The lowest BCUT2D eigenvalue weighted by Crippen LogP contribution is -2.65. The van der Waals surface area contributed by atoms with E-state index in [0.29, 0.717) is 0 Å². The van der Waals surface area contributed by atoms with Gasteiger partial charge in [-0.1, -0.05) is 0 Å². The largest absolute Gasteiger partial charge is 0.479 e. The van der Waals surface area contributed by atoms with E-state index in [9.17, 15) is 61.0 Å². The summed E-state index contributed by atoms with van der Waals surface area (Å²) in [5, 5.41) is 117. The maximum absolute atomic E-state index is 10.9. The van der Waals surface area contributed by atoms with Crippen molar-refractivity contribution in [2.24, 2.45) is 0 Å². The van der Waals surface area contributed by atoms with Crippen LogP contribution in [0.4, 0.5) is 0 Å². The van der Waals surface area contributed by atoms with Gasteiger partial charge in [-0.25, -0.2) is 4.79 Å². The molecule has 0 radical (unpaired) electrons. The Morgan fingerprint density at radius 2 is 1.31 bits per heavy atom. The molecule has 14 atom stereocenters. The third kappa shape index (κ3) is 6.60. The van der Waals surface area contributed by atoms with Crippen molar-refractivity contribution in [1.29, 1.82) is 0 Å². The molecule has 35 heavy (non-hydrogen) atoms. The van der Waals surface area contributed by atoms with E-state index in [1.165, 1.54) is 0 Å². The molecule has 0 amide bonds. The van der Waals surface area contributed by atoms with Crippen LogP contribution < -0.4 is 0 Å². The normalized spacial score (nSPS) is 41.7. The van der Waals surface area contributed by atoms with Gasteiger partial charge in [0.05, 0.1) is 19.8 Å². The standard InChI is InChI=1S/C18H32O17/c19-1-4(22)14(9(25)11(27)16(30)31)34-18-13(29)10(26)15(6(3-21)33-18)35-17-12(28)8(24)7(23)5(2-20)32-17/h4-15,17-29H,1-3H2,(H,30,31)/t4?,5?,6?,7-,8+,9-,10-,11?,12?,13?,14-,15-,17-,18-/m1/s1. The van der Waals surface area contributed by atoms with Crippen LogP contribution in [0.2, 0.25) is 0 Å². The first kappa shape index (κ1) is 30.1. The maximum Gasteiger partial charge on any atom is 0.335 e. The average molecular weight is 520 g/mol. The minimum Gasteiger partial charge on any atom is -0.479 e. The Kier molecular flexibility index (Phi) is 11.1. The lowest BCUT2D eigenvalue weighted by Gasteiger charge is -2.46. The molecule has 2 heterocycles. The summed E-state index contributed by atoms with van der Waals surface area (Å²) in [5.41, 5.74) is 0. The van der Waals surface area contributed by atoms with E-state index in [-0.39, 0.29) is 0 Å². The van der Waals surface area contributed by atoms with Crippen molar-refractivity contribution < 1.29 is 85.0 Å². The zero-order chi connectivity index (χ0) is 26.6. The number of hydrogen-bond donors (Lipinski definition) is 12. The lowest BCUT2D eigenvalue weighted by atomic mass is 9.96. The Balaban J connectivity index is 2.19. The number of rotatable bonds is 11. The molecular weight excluding hydrogens is 488 g/mol. The summed E-state index contributed by atoms with van der Waals surface area (Å²) in [6.07, 6.45) is -26.7. The van der Waals surface area contributed by atoms with Gasteiger partial charge < -0.3 is 80.2 Å². The van der Waals surface area contributed by atoms with Crippen LogP contribution in [0.1, 0.15) is 0 Å². The van der Waals surface area contributed by atoms with Gasteiger partial charge in [-0.3, -0.25) is 0 Å². The highest BCUT2D eigenvalue weighted by molar-refractivity contribution is 5.72. The van der Waals surface area contributed by atoms with Gasteiger partial charge in [0.2, 0.25) is 0 Å². The quantitative estimate of drug-likeness (QED) is 0.120. The van der Waals surface area contributed by atoms with Crippen LogP contribution in [0, 0.1) is 0 Å². The van der Waals surface area contributed by atoms with Crippen molar-refractivity contribution in [3.8, 4) is 0 Å². The molecule has 17 heteroatoms. The number of aliphatic hydroxyl groups is 11. The number of carboxylic acid groups (broad SMARTS) is 1. The fraction of sp³-hybridized carbons (Fsp3) is 0.944. The van der Waals surface area contributed by atoms with Gasteiger partial charge in [0.15, 0.2) is 18.7 Å². The molecule has 0 aromatic rings. The number of carbonyl (C=O) groups is 1. The number of carboxylic acids is 1. The highest BCUT2D eigenvalue weighted by atomic mass is 16.7. The number of hydrogen-bond acceptors (Lipinski definition) is 16. The molecule has 206 valence electrons. The average Bonchev–Trinajstić information content (AvgIpc) is 2.84. The molecule has 2 aliphatic heterocycles. The minimum atomic E-state index is -2.48. The van der Waals surface area contributed by atoms with Crippen molar-refractivity contribution in [3.63, 3.8) is 0 Å².